The zero-order valence-corrected chi connectivity index (χ0v) is 14.2. The highest BCUT2D eigenvalue weighted by Gasteiger charge is 2.14. The molecular weight excluding hydrogens is 318 g/mol. The molecule has 4 aromatic carbocycles. The number of rotatable bonds is 3. The van der Waals surface area contributed by atoms with Gasteiger partial charge in [0.05, 0.1) is 0 Å². The summed E-state index contributed by atoms with van der Waals surface area (Å²) in [6, 6.07) is 35.4. The van der Waals surface area contributed by atoms with Crippen molar-refractivity contribution in [3.8, 4) is 0 Å². The molecule has 0 spiro atoms. The fraction of sp³-hybridized carbons (Fsp3) is 0. The number of hydrogen-bond donors (Lipinski definition) is 0. The number of fused-ring (bicyclic) bond motifs is 3. The van der Waals surface area contributed by atoms with Crippen molar-refractivity contribution >= 4 is 39.0 Å². The molecule has 0 unspecified atom stereocenters. The van der Waals surface area contributed by atoms with Crippen LogP contribution in [0, 0.1) is 0 Å². The van der Waals surface area contributed by atoms with E-state index in [2.05, 4.69) is 77.7 Å². The maximum atomic E-state index is 6.09. The summed E-state index contributed by atoms with van der Waals surface area (Å²) in [6.45, 7) is 0. The average Bonchev–Trinajstić information content (AvgIpc) is 3.08. The number of furan rings is 1. The van der Waals surface area contributed by atoms with E-state index in [9.17, 15) is 0 Å². The van der Waals surface area contributed by atoms with E-state index in [0.717, 1.165) is 39.0 Å². The molecule has 0 radical (unpaired) electrons. The van der Waals surface area contributed by atoms with Crippen LogP contribution in [-0.2, 0) is 0 Å². The topological polar surface area (TPSA) is 16.4 Å². The molecule has 1 aromatic heterocycles. The van der Waals surface area contributed by atoms with Crippen molar-refractivity contribution in [2.75, 3.05) is 4.90 Å². The SMILES string of the molecule is c1ccc(N(c2ccccc2)c2ccc3c(c2)oc2ccccc23)cc1. The molecule has 0 atom stereocenters. The Bertz CT molecular complexity index is 1140. The predicted octanol–water partition coefficient (Wildman–Crippen LogP) is 7.06. The van der Waals surface area contributed by atoms with E-state index in [1.807, 2.05) is 30.3 Å². The molecule has 2 heteroatoms. The third-order valence-electron chi connectivity index (χ3n) is 4.65. The highest BCUT2D eigenvalue weighted by molar-refractivity contribution is 6.06. The smallest absolute Gasteiger partial charge is 0.137 e. The van der Waals surface area contributed by atoms with Crippen molar-refractivity contribution in [3.05, 3.63) is 103 Å². The van der Waals surface area contributed by atoms with E-state index >= 15 is 0 Å². The Morgan fingerprint density at radius 2 is 1.04 bits per heavy atom. The van der Waals surface area contributed by atoms with Gasteiger partial charge in [-0.2, -0.15) is 0 Å². The number of nitrogens with zero attached hydrogens (tertiary/aromatic N) is 1. The minimum atomic E-state index is 0.903. The number of para-hydroxylation sites is 3. The van der Waals surface area contributed by atoms with E-state index in [1.54, 1.807) is 0 Å². The molecular formula is C24H17NO. The fourth-order valence-electron chi connectivity index (χ4n) is 3.46. The van der Waals surface area contributed by atoms with E-state index in [1.165, 1.54) is 0 Å². The molecule has 0 aliphatic rings. The van der Waals surface area contributed by atoms with Crippen LogP contribution in [0.2, 0.25) is 0 Å². The molecule has 1 heterocycles. The first-order chi connectivity index (χ1) is 12.9. The lowest BCUT2D eigenvalue weighted by Gasteiger charge is -2.25. The van der Waals surface area contributed by atoms with Crippen molar-refractivity contribution in [2.45, 2.75) is 0 Å². The summed E-state index contributed by atoms with van der Waals surface area (Å²) in [6.07, 6.45) is 0. The van der Waals surface area contributed by atoms with Crippen LogP contribution in [0.4, 0.5) is 17.1 Å². The number of anilines is 3. The third kappa shape index (κ3) is 2.44. The molecule has 5 rings (SSSR count). The Hall–Kier alpha value is -3.52. The highest BCUT2D eigenvalue weighted by Crippen LogP contribution is 2.37. The molecule has 0 amide bonds. The maximum absolute atomic E-state index is 6.09. The van der Waals surface area contributed by atoms with Crippen LogP contribution in [-0.4, -0.2) is 0 Å². The molecule has 0 aliphatic carbocycles. The van der Waals surface area contributed by atoms with Gasteiger partial charge in [-0.3, -0.25) is 0 Å². The number of hydrogen-bond acceptors (Lipinski definition) is 2. The quantitative estimate of drug-likeness (QED) is 0.351. The minimum absolute atomic E-state index is 0.903. The molecule has 124 valence electrons. The van der Waals surface area contributed by atoms with Gasteiger partial charge in [-0.1, -0.05) is 54.6 Å². The Balaban J connectivity index is 1.72. The van der Waals surface area contributed by atoms with Crippen LogP contribution in [0.15, 0.2) is 108 Å². The summed E-state index contributed by atoms with van der Waals surface area (Å²) in [7, 11) is 0. The van der Waals surface area contributed by atoms with Gasteiger partial charge in [-0.15, -0.1) is 0 Å². The predicted molar refractivity (Wildman–Crippen MR) is 108 cm³/mol. The second kappa shape index (κ2) is 6.08. The Morgan fingerprint density at radius 3 is 1.73 bits per heavy atom. The second-order valence-corrected chi connectivity index (χ2v) is 6.29. The largest absolute Gasteiger partial charge is 0.456 e. The zero-order valence-electron chi connectivity index (χ0n) is 14.2. The summed E-state index contributed by atoms with van der Waals surface area (Å²) in [4.78, 5) is 2.24. The van der Waals surface area contributed by atoms with Gasteiger partial charge in [0.1, 0.15) is 11.2 Å². The Kier molecular flexibility index (Phi) is 3.46. The summed E-state index contributed by atoms with van der Waals surface area (Å²) < 4.78 is 6.09. The van der Waals surface area contributed by atoms with Crippen molar-refractivity contribution in [2.24, 2.45) is 0 Å². The van der Waals surface area contributed by atoms with Gasteiger partial charge in [0.2, 0.25) is 0 Å². The van der Waals surface area contributed by atoms with Crippen LogP contribution in [0.5, 0.6) is 0 Å². The normalized spacial score (nSPS) is 11.1. The Morgan fingerprint density at radius 1 is 0.462 bits per heavy atom. The molecule has 0 bridgehead atoms. The first-order valence-corrected chi connectivity index (χ1v) is 8.72. The second-order valence-electron chi connectivity index (χ2n) is 6.29. The van der Waals surface area contributed by atoms with Crippen LogP contribution in [0.25, 0.3) is 21.9 Å². The summed E-state index contributed by atoms with van der Waals surface area (Å²) in [5, 5.41) is 2.30. The third-order valence-corrected chi connectivity index (χ3v) is 4.65. The van der Waals surface area contributed by atoms with Gasteiger partial charge in [-0.25, -0.2) is 0 Å². The van der Waals surface area contributed by atoms with Crippen molar-refractivity contribution in [3.63, 3.8) is 0 Å². The minimum Gasteiger partial charge on any atom is -0.456 e. The van der Waals surface area contributed by atoms with Gasteiger partial charge in [-0.05, 0) is 42.5 Å². The first-order valence-electron chi connectivity index (χ1n) is 8.72. The highest BCUT2D eigenvalue weighted by atomic mass is 16.3. The molecule has 0 N–H and O–H groups in total. The van der Waals surface area contributed by atoms with Gasteiger partial charge < -0.3 is 9.32 Å². The maximum Gasteiger partial charge on any atom is 0.137 e. The van der Waals surface area contributed by atoms with Crippen LogP contribution < -0.4 is 4.90 Å². The lowest BCUT2D eigenvalue weighted by molar-refractivity contribution is 0.669. The van der Waals surface area contributed by atoms with Crippen molar-refractivity contribution in [1.29, 1.82) is 0 Å². The van der Waals surface area contributed by atoms with Crippen molar-refractivity contribution < 1.29 is 4.42 Å². The molecule has 0 fully saturated rings. The zero-order chi connectivity index (χ0) is 17.3. The summed E-state index contributed by atoms with van der Waals surface area (Å²) >= 11 is 0. The van der Waals surface area contributed by atoms with Gasteiger partial charge in [0.25, 0.3) is 0 Å². The molecule has 5 aromatic rings. The van der Waals surface area contributed by atoms with Gasteiger partial charge >= 0.3 is 0 Å². The summed E-state index contributed by atoms with van der Waals surface area (Å²) in [5.74, 6) is 0. The molecule has 0 saturated heterocycles. The van der Waals surface area contributed by atoms with Gasteiger partial charge in [0, 0.05) is 33.9 Å². The van der Waals surface area contributed by atoms with Crippen LogP contribution in [0.3, 0.4) is 0 Å². The molecule has 2 nitrogen and oxygen atoms in total. The van der Waals surface area contributed by atoms with E-state index < -0.39 is 0 Å². The van der Waals surface area contributed by atoms with Gasteiger partial charge in [0.15, 0.2) is 0 Å². The molecule has 26 heavy (non-hydrogen) atoms. The first kappa shape index (κ1) is 14.8. The molecule has 0 saturated carbocycles. The molecule has 0 aliphatic heterocycles. The lowest BCUT2D eigenvalue weighted by atomic mass is 10.1. The lowest BCUT2D eigenvalue weighted by Crippen LogP contribution is -2.09. The van der Waals surface area contributed by atoms with Crippen LogP contribution >= 0.6 is 0 Å². The van der Waals surface area contributed by atoms with E-state index in [0.29, 0.717) is 0 Å². The van der Waals surface area contributed by atoms with E-state index in [-0.39, 0.29) is 0 Å². The average molecular weight is 335 g/mol. The van der Waals surface area contributed by atoms with Crippen molar-refractivity contribution in [1.82, 2.24) is 0 Å². The van der Waals surface area contributed by atoms with Crippen LogP contribution in [0.1, 0.15) is 0 Å². The Labute approximate surface area is 151 Å². The monoisotopic (exact) mass is 335 g/mol. The van der Waals surface area contributed by atoms with E-state index in [4.69, 9.17) is 4.42 Å². The number of benzene rings is 4. The summed E-state index contributed by atoms with van der Waals surface area (Å²) in [5.41, 5.74) is 5.14. The standard InChI is InChI=1S/C24H17NO/c1-3-9-18(10-4-1)25(19-11-5-2-6-12-19)20-15-16-22-21-13-7-8-14-23(21)26-24(22)17-20/h1-17H. The fourth-order valence-corrected chi connectivity index (χ4v) is 3.46.